The van der Waals surface area contributed by atoms with Crippen LogP contribution in [0.25, 0.3) is 0 Å². The molecule has 174 valence electrons. The van der Waals surface area contributed by atoms with Gasteiger partial charge in [0.05, 0.1) is 40.9 Å². The molecular formula is C21H20N2O8S2. The molecule has 12 heteroatoms. The average molecular weight is 493 g/mol. The highest BCUT2D eigenvalue weighted by Crippen LogP contribution is 2.32. The Morgan fingerprint density at radius 3 is 1.94 bits per heavy atom. The van der Waals surface area contributed by atoms with Crippen LogP contribution < -0.4 is 18.9 Å². The molecule has 0 spiro atoms. The van der Waals surface area contributed by atoms with Crippen molar-refractivity contribution in [2.75, 3.05) is 23.7 Å². The molecule has 10 nitrogen and oxygen atoms in total. The molecule has 0 atom stereocenters. The van der Waals surface area contributed by atoms with Crippen molar-refractivity contribution in [2.24, 2.45) is 0 Å². The summed E-state index contributed by atoms with van der Waals surface area (Å²) >= 11 is 0. The highest BCUT2D eigenvalue weighted by Gasteiger charge is 2.22. The first-order valence-corrected chi connectivity index (χ1v) is 12.2. The van der Waals surface area contributed by atoms with Crippen LogP contribution in [0, 0.1) is 0 Å². The minimum absolute atomic E-state index is 0.0594. The van der Waals surface area contributed by atoms with E-state index >= 15 is 0 Å². The number of aromatic carboxylic acids is 1. The maximum Gasteiger partial charge on any atom is 0.335 e. The van der Waals surface area contributed by atoms with Crippen molar-refractivity contribution in [3.63, 3.8) is 0 Å². The van der Waals surface area contributed by atoms with Gasteiger partial charge in [0.15, 0.2) is 0 Å². The second kappa shape index (κ2) is 9.38. The summed E-state index contributed by atoms with van der Waals surface area (Å²) < 4.78 is 66.5. The van der Waals surface area contributed by atoms with Crippen LogP contribution in [0.3, 0.4) is 0 Å². The van der Waals surface area contributed by atoms with Gasteiger partial charge in [-0.2, -0.15) is 0 Å². The van der Waals surface area contributed by atoms with E-state index in [-0.39, 0.29) is 32.5 Å². The summed E-state index contributed by atoms with van der Waals surface area (Å²) in [6, 6.07) is 14.8. The largest absolute Gasteiger partial charge is 0.495 e. The summed E-state index contributed by atoms with van der Waals surface area (Å²) in [7, 11) is -5.71. The highest BCUT2D eigenvalue weighted by molar-refractivity contribution is 7.93. The Labute approximate surface area is 190 Å². The van der Waals surface area contributed by atoms with Crippen molar-refractivity contribution >= 4 is 37.4 Å². The van der Waals surface area contributed by atoms with Crippen LogP contribution in [-0.2, 0) is 20.0 Å². The topological polar surface area (TPSA) is 148 Å². The van der Waals surface area contributed by atoms with Crippen LogP contribution in [-0.4, -0.2) is 42.1 Å². The maximum atomic E-state index is 12.9. The molecule has 0 amide bonds. The number of carboxylic acids is 1. The summed E-state index contributed by atoms with van der Waals surface area (Å²) in [6.07, 6.45) is 0. The van der Waals surface area contributed by atoms with Crippen LogP contribution in [0.2, 0.25) is 0 Å². The second-order valence-corrected chi connectivity index (χ2v) is 9.97. The Bertz CT molecular complexity index is 1400. The number of carboxylic acid groups (broad SMARTS) is 1. The molecule has 0 aliphatic heterocycles. The summed E-state index contributed by atoms with van der Waals surface area (Å²) in [5.74, 6) is -0.932. The van der Waals surface area contributed by atoms with Gasteiger partial charge in [-0.25, -0.2) is 21.6 Å². The van der Waals surface area contributed by atoms with Crippen molar-refractivity contribution in [1.29, 1.82) is 0 Å². The first kappa shape index (κ1) is 23.9. The molecule has 3 aromatic carbocycles. The third-order valence-corrected chi connectivity index (χ3v) is 7.19. The summed E-state index contributed by atoms with van der Waals surface area (Å²) in [6.45, 7) is 0. The summed E-state index contributed by atoms with van der Waals surface area (Å²) in [4.78, 5) is 10.6. The lowest BCUT2D eigenvalue weighted by Crippen LogP contribution is -2.17. The van der Waals surface area contributed by atoms with E-state index in [2.05, 4.69) is 9.44 Å². The van der Waals surface area contributed by atoms with Gasteiger partial charge in [-0.1, -0.05) is 18.2 Å². The predicted octanol–water partition coefficient (Wildman–Crippen LogP) is 3.00. The maximum absolute atomic E-state index is 12.9. The van der Waals surface area contributed by atoms with E-state index in [0.29, 0.717) is 5.75 Å². The van der Waals surface area contributed by atoms with E-state index in [1.165, 1.54) is 50.6 Å². The SMILES string of the molecule is COc1ccccc1NS(=O)(=O)c1ccc(OC)c(NS(=O)(=O)c2cccc(C(=O)O)c2)c1. The Hall–Kier alpha value is -3.77. The van der Waals surface area contributed by atoms with Crippen LogP contribution >= 0.6 is 0 Å². The molecule has 0 unspecified atom stereocenters. The number of hydrogen-bond acceptors (Lipinski definition) is 7. The number of anilines is 2. The number of rotatable bonds is 9. The van der Waals surface area contributed by atoms with Gasteiger partial charge in [-0.15, -0.1) is 0 Å². The minimum atomic E-state index is -4.26. The summed E-state index contributed by atoms with van der Waals surface area (Å²) in [5.41, 5.74) is -0.174. The smallest absolute Gasteiger partial charge is 0.335 e. The highest BCUT2D eigenvalue weighted by atomic mass is 32.2. The molecule has 0 aliphatic rings. The van der Waals surface area contributed by atoms with E-state index < -0.39 is 26.0 Å². The number of ether oxygens (including phenoxy) is 2. The monoisotopic (exact) mass is 492 g/mol. The van der Waals surface area contributed by atoms with Gasteiger partial charge in [0, 0.05) is 0 Å². The number of benzene rings is 3. The molecule has 0 aliphatic carbocycles. The Morgan fingerprint density at radius 1 is 0.727 bits per heavy atom. The van der Waals surface area contributed by atoms with Gasteiger partial charge in [-0.05, 0) is 48.5 Å². The van der Waals surface area contributed by atoms with Gasteiger partial charge in [-0.3, -0.25) is 9.44 Å². The molecule has 33 heavy (non-hydrogen) atoms. The number of carbonyl (C=O) groups is 1. The molecule has 0 aromatic heterocycles. The van der Waals surface area contributed by atoms with Crippen LogP contribution in [0.1, 0.15) is 10.4 Å². The van der Waals surface area contributed by atoms with Crippen LogP contribution in [0.5, 0.6) is 11.5 Å². The number of methoxy groups -OCH3 is 2. The third kappa shape index (κ3) is 5.35. The number of hydrogen-bond donors (Lipinski definition) is 3. The Morgan fingerprint density at radius 2 is 1.30 bits per heavy atom. The second-order valence-electron chi connectivity index (χ2n) is 6.61. The van der Waals surface area contributed by atoms with Crippen molar-refractivity contribution in [3.05, 3.63) is 72.3 Å². The van der Waals surface area contributed by atoms with Crippen molar-refractivity contribution in [2.45, 2.75) is 9.79 Å². The molecule has 3 N–H and O–H groups in total. The first-order valence-electron chi connectivity index (χ1n) is 9.27. The molecule has 3 aromatic rings. The fourth-order valence-electron chi connectivity index (χ4n) is 2.87. The van der Waals surface area contributed by atoms with E-state index in [1.807, 2.05) is 0 Å². The fraction of sp³-hybridized carbons (Fsp3) is 0.0952. The van der Waals surface area contributed by atoms with Crippen LogP contribution in [0.15, 0.2) is 76.5 Å². The Balaban J connectivity index is 1.99. The molecule has 0 radical (unpaired) electrons. The third-order valence-electron chi connectivity index (χ3n) is 4.47. The minimum Gasteiger partial charge on any atom is -0.495 e. The standard InChI is InChI=1S/C21H20N2O8S2/c1-30-19-9-4-3-8-17(19)22-33(28,29)16-10-11-20(31-2)18(13-16)23-32(26,27)15-7-5-6-14(12-15)21(24)25/h3-13,22-23H,1-2H3,(H,24,25). The predicted molar refractivity (Wildman–Crippen MR) is 121 cm³/mol. The van der Waals surface area contributed by atoms with E-state index in [0.717, 1.165) is 12.1 Å². The van der Waals surface area contributed by atoms with E-state index in [1.54, 1.807) is 18.2 Å². The number of para-hydroxylation sites is 2. The lowest BCUT2D eigenvalue weighted by Gasteiger charge is -2.15. The van der Waals surface area contributed by atoms with Crippen LogP contribution in [0.4, 0.5) is 11.4 Å². The molecule has 0 fully saturated rings. The lowest BCUT2D eigenvalue weighted by molar-refractivity contribution is 0.0696. The van der Waals surface area contributed by atoms with Crippen molar-refractivity contribution < 1.29 is 36.2 Å². The zero-order chi connectivity index (χ0) is 24.2. The zero-order valence-electron chi connectivity index (χ0n) is 17.5. The Kier molecular flexibility index (Phi) is 6.79. The van der Waals surface area contributed by atoms with Gasteiger partial charge in [0.2, 0.25) is 0 Å². The molecule has 0 saturated carbocycles. The molecule has 0 saturated heterocycles. The molecular weight excluding hydrogens is 472 g/mol. The first-order chi connectivity index (χ1) is 15.6. The van der Waals surface area contributed by atoms with Gasteiger partial charge in [0.1, 0.15) is 11.5 Å². The summed E-state index contributed by atoms with van der Waals surface area (Å²) in [5, 5.41) is 9.11. The molecule has 0 bridgehead atoms. The van der Waals surface area contributed by atoms with Crippen molar-refractivity contribution in [1.82, 2.24) is 0 Å². The van der Waals surface area contributed by atoms with E-state index in [4.69, 9.17) is 14.6 Å². The quantitative estimate of drug-likeness (QED) is 0.413. The van der Waals surface area contributed by atoms with Crippen molar-refractivity contribution in [3.8, 4) is 11.5 Å². The van der Waals surface area contributed by atoms with E-state index in [9.17, 15) is 21.6 Å². The van der Waals surface area contributed by atoms with Gasteiger partial charge in [0.25, 0.3) is 20.0 Å². The molecule has 3 rings (SSSR count). The zero-order valence-corrected chi connectivity index (χ0v) is 19.1. The number of nitrogens with one attached hydrogen (secondary N) is 2. The lowest BCUT2D eigenvalue weighted by atomic mass is 10.2. The fourth-order valence-corrected chi connectivity index (χ4v) is 5.07. The molecule has 0 heterocycles. The van der Waals surface area contributed by atoms with Gasteiger partial charge >= 0.3 is 5.97 Å². The normalized spacial score (nSPS) is 11.5. The average Bonchev–Trinajstić information content (AvgIpc) is 2.79. The van der Waals surface area contributed by atoms with Gasteiger partial charge < -0.3 is 14.6 Å². The number of sulfonamides is 2.